The molecule has 0 bridgehead atoms. The van der Waals surface area contributed by atoms with Crippen LogP contribution in [0.1, 0.15) is 39.0 Å². The summed E-state index contributed by atoms with van der Waals surface area (Å²) in [4.78, 5) is 23.4. The van der Waals surface area contributed by atoms with Crippen molar-refractivity contribution in [3.05, 3.63) is 22.7 Å². The first kappa shape index (κ1) is 11.9. The Kier molecular flexibility index (Phi) is 3.05. The largest absolute Gasteiger partial charge is 0.512 e. The maximum Gasteiger partial charge on any atom is 0.163 e. The van der Waals surface area contributed by atoms with Crippen molar-refractivity contribution in [2.24, 2.45) is 5.92 Å². The van der Waals surface area contributed by atoms with E-state index in [2.05, 4.69) is 0 Å². The minimum absolute atomic E-state index is 0.0850. The third-order valence-corrected chi connectivity index (χ3v) is 3.51. The molecule has 4 nitrogen and oxygen atoms in total. The smallest absolute Gasteiger partial charge is 0.163 e. The van der Waals surface area contributed by atoms with Crippen molar-refractivity contribution < 1.29 is 19.8 Å². The predicted octanol–water partition coefficient (Wildman–Crippen LogP) is 2.36. The van der Waals surface area contributed by atoms with Crippen LogP contribution in [0.4, 0.5) is 0 Å². The Morgan fingerprint density at radius 1 is 0.941 bits per heavy atom. The molecular weight excluding hydrogens is 220 g/mol. The quantitative estimate of drug-likeness (QED) is 0.788. The maximum absolute atomic E-state index is 11.7. The number of hydrogen-bond donors (Lipinski definition) is 2. The van der Waals surface area contributed by atoms with E-state index >= 15 is 0 Å². The first-order valence-electron chi connectivity index (χ1n) is 5.96. The van der Waals surface area contributed by atoms with Gasteiger partial charge >= 0.3 is 0 Å². The number of carbonyl (C=O) groups excluding carboxylic acids is 2. The molecule has 0 spiro atoms. The number of aliphatic hydroxyl groups is 2. The number of ketones is 2. The molecule has 0 aromatic carbocycles. The topological polar surface area (TPSA) is 74.6 Å². The van der Waals surface area contributed by atoms with E-state index in [4.69, 9.17) is 0 Å². The molecule has 2 aliphatic carbocycles. The minimum Gasteiger partial charge on any atom is -0.512 e. The fourth-order valence-electron chi connectivity index (χ4n) is 2.67. The lowest BCUT2D eigenvalue weighted by Gasteiger charge is -2.17. The van der Waals surface area contributed by atoms with E-state index < -0.39 is 5.92 Å². The van der Waals surface area contributed by atoms with Gasteiger partial charge in [0, 0.05) is 42.7 Å². The summed E-state index contributed by atoms with van der Waals surface area (Å²) in [6.45, 7) is 1.85. The van der Waals surface area contributed by atoms with Crippen LogP contribution in [0.5, 0.6) is 0 Å². The third-order valence-electron chi connectivity index (χ3n) is 3.51. The molecule has 2 aliphatic rings. The van der Waals surface area contributed by atoms with Gasteiger partial charge in [0.1, 0.15) is 11.5 Å². The standard InChI is InChI=1S/C13H16O4/c1-2-7(12-8(14)3-4-9(12)15)13-10(16)5-6-11(13)17/h7,14,16H,2-6H2,1H3. The van der Waals surface area contributed by atoms with Crippen molar-refractivity contribution in [3.8, 4) is 0 Å². The van der Waals surface area contributed by atoms with Crippen molar-refractivity contribution in [1.29, 1.82) is 0 Å². The van der Waals surface area contributed by atoms with Gasteiger partial charge in [-0.1, -0.05) is 6.92 Å². The van der Waals surface area contributed by atoms with Gasteiger partial charge in [-0.3, -0.25) is 9.59 Å². The normalized spacial score (nSPS) is 21.3. The number of rotatable bonds is 3. The summed E-state index contributed by atoms with van der Waals surface area (Å²) >= 11 is 0. The van der Waals surface area contributed by atoms with Crippen LogP contribution < -0.4 is 0 Å². The Labute approximate surface area is 99.6 Å². The number of allylic oxidation sites excluding steroid dienone is 4. The number of carbonyl (C=O) groups is 2. The van der Waals surface area contributed by atoms with Gasteiger partial charge in [-0.2, -0.15) is 0 Å². The van der Waals surface area contributed by atoms with E-state index in [1.807, 2.05) is 6.92 Å². The van der Waals surface area contributed by atoms with Crippen molar-refractivity contribution in [2.45, 2.75) is 39.0 Å². The van der Waals surface area contributed by atoms with E-state index in [1.54, 1.807) is 0 Å². The van der Waals surface area contributed by atoms with Gasteiger partial charge < -0.3 is 10.2 Å². The molecule has 4 heteroatoms. The fraction of sp³-hybridized carbons (Fsp3) is 0.538. The molecule has 2 N–H and O–H groups in total. The number of aliphatic hydroxyl groups excluding tert-OH is 2. The van der Waals surface area contributed by atoms with Crippen LogP contribution in [-0.2, 0) is 9.59 Å². The summed E-state index contributed by atoms with van der Waals surface area (Å²) in [7, 11) is 0. The average Bonchev–Trinajstić information content (AvgIpc) is 2.78. The van der Waals surface area contributed by atoms with Crippen molar-refractivity contribution in [3.63, 3.8) is 0 Å². The van der Waals surface area contributed by atoms with Gasteiger partial charge in [0.2, 0.25) is 0 Å². The van der Waals surface area contributed by atoms with Crippen LogP contribution in [0.2, 0.25) is 0 Å². The highest BCUT2D eigenvalue weighted by atomic mass is 16.3. The maximum atomic E-state index is 11.7. The zero-order chi connectivity index (χ0) is 12.6. The lowest BCUT2D eigenvalue weighted by atomic mass is 9.86. The minimum atomic E-state index is -0.431. The molecule has 0 radical (unpaired) electrons. The molecule has 0 fully saturated rings. The predicted molar refractivity (Wildman–Crippen MR) is 61.6 cm³/mol. The van der Waals surface area contributed by atoms with E-state index in [0.29, 0.717) is 43.3 Å². The molecule has 0 aliphatic heterocycles. The highest BCUT2D eigenvalue weighted by molar-refractivity contribution is 6.04. The second kappa shape index (κ2) is 4.35. The molecule has 0 saturated heterocycles. The molecule has 0 aromatic heterocycles. The zero-order valence-corrected chi connectivity index (χ0v) is 9.82. The van der Waals surface area contributed by atoms with E-state index in [1.165, 1.54) is 0 Å². The monoisotopic (exact) mass is 236 g/mol. The van der Waals surface area contributed by atoms with E-state index in [0.717, 1.165) is 0 Å². The van der Waals surface area contributed by atoms with Gasteiger partial charge in [0.15, 0.2) is 11.6 Å². The van der Waals surface area contributed by atoms with Crippen molar-refractivity contribution in [1.82, 2.24) is 0 Å². The lowest BCUT2D eigenvalue weighted by Crippen LogP contribution is -2.17. The van der Waals surface area contributed by atoms with Gasteiger partial charge in [-0.15, -0.1) is 0 Å². The summed E-state index contributed by atoms with van der Waals surface area (Å²) in [6, 6.07) is 0. The highest BCUT2D eigenvalue weighted by Crippen LogP contribution is 2.38. The Balaban J connectivity index is 2.41. The first-order chi connectivity index (χ1) is 8.06. The molecule has 0 heterocycles. The van der Waals surface area contributed by atoms with Gasteiger partial charge in [0.05, 0.1) is 0 Å². The second-order valence-electron chi connectivity index (χ2n) is 4.53. The second-order valence-corrected chi connectivity index (χ2v) is 4.53. The molecule has 0 unspecified atom stereocenters. The summed E-state index contributed by atoms with van der Waals surface area (Å²) in [6.07, 6.45) is 1.86. The highest BCUT2D eigenvalue weighted by Gasteiger charge is 2.37. The van der Waals surface area contributed by atoms with Crippen LogP contribution in [0.15, 0.2) is 22.7 Å². The van der Waals surface area contributed by atoms with E-state index in [9.17, 15) is 19.8 Å². The number of Topliss-reactive ketones (excluding diaryl/α,β-unsaturated/α-hetero) is 2. The summed E-state index contributed by atoms with van der Waals surface area (Å²) < 4.78 is 0. The van der Waals surface area contributed by atoms with E-state index in [-0.39, 0.29) is 23.1 Å². The SMILES string of the molecule is CCC(C1=C(O)CCC1=O)C1=C(O)CCC1=O. The summed E-state index contributed by atoms with van der Waals surface area (Å²) in [5.74, 6) is -0.465. The summed E-state index contributed by atoms with van der Waals surface area (Å²) in [5, 5.41) is 19.5. The molecule has 0 saturated carbocycles. The van der Waals surface area contributed by atoms with Crippen LogP contribution in [0.25, 0.3) is 0 Å². The van der Waals surface area contributed by atoms with Gasteiger partial charge in [-0.25, -0.2) is 0 Å². The average molecular weight is 236 g/mol. The molecule has 92 valence electrons. The Hall–Kier alpha value is -1.58. The molecule has 0 atom stereocenters. The lowest BCUT2D eigenvalue weighted by molar-refractivity contribution is -0.115. The Bertz CT molecular complexity index is 402. The zero-order valence-electron chi connectivity index (χ0n) is 9.82. The molecule has 2 rings (SSSR count). The van der Waals surface area contributed by atoms with Crippen LogP contribution in [0.3, 0.4) is 0 Å². The fourth-order valence-corrected chi connectivity index (χ4v) is 2.67. The number of hydrogen-bond acceptors (Lipinski definition) is 4. The molecular formula is C13H16O4. The van der Waals surface area contributed by atoms with Crippen molar-refractivity contribution >= 4 is 11.6 Å². The molecule has 17 heavy (non-hydrogen) atoms. The Morgan fingerprint density at radius 3 is 1.59 bits per heavy atom. The van der Waals surface area contributed by atoms with Crippen LogP contribution in [-0.4, -0.2) is 21.8 Å². The van der Waals surface area contributed by atoms with Crippen LogP contribution >= 0.6 is 0 Å². The van der Waals surface area contributed by atoms with Gasteiger partial charge in [-0.05, 0) is 6.42 Å². The Morgan fingerprint density at radius 2 is 1.35 bits per heavy atom. The third kappa shape index (κ3) is 1.88. The first-order valence-corrected chi connectivity index (χ1v) is 5.96. The molecule has 0 aromatic rings. The summed E-state index contributed by atoms with van der Waals surface area (Å²) in [5.41, 5.74) is 0.675. The van der Waals surface area contributed by atoms with Crippen molar-refractivity contribution in [2.75, 3.05) is 0 Å². The van der Waals surface area contributed by atoms with Crippen LogP contribution in [0, 0.1) is 5.92 Å². The van der Waals surface area contributed by atoms with Gasteiger partial charge in [0.25, 0.3) is 0 Å². The molecule has 0 amide bonds.